The van der Waals surface area contributed by atoms with E-state index in [-0.39, 0.29) is 29.8 Å². The molecule has 2 aliphatic rings. The van der Waals surface area contributed by atoms with Gasteiger partial charge in [0.25, 0.3) is 5.91 Å². The lowest BCUT2D eigenvalue weighted by atomic mass is 10.1. The molecule has 2 saturated heterocycles. The molecule has 0 atom stereocenters. The second kappa shape index (κ2) is 8.57. The van der Waals surface area contributed by atoms with E-state index >= 15 is 0 Å². The molecule has 2 heterocycles. The van der Waals surface area contributed by atoms with Gasteiger partial charge in [0.1, 0.15) is 0 Å². The van der Waals surface area contributed by atoms with Gasteiger partial charge in [-0.05, 0) is 49.2 Å². The first-order valence-electron chi connectivity index (χ1n) is 10.2. The minimum atomic E-state index is -3.54. The van der Waals surface area contributed by atoms with Crippen LogP contribution in [0.4, 0.5) is 5.69 Å². The Labute approximate surface area is 176 Å². The number of sulfonamides is 1. The Hall–Kier alpha value is -2.71. The van der Waals surface area contributed by atoms with Crippen molar-refractivity contribution in [3.05, 3.63) is 60.2 Å². The fraction of sp³-hybridized carbons (Fsp3) is 0.364. The molecule has 0 aromatic heterocycles. The van der Waals surface area contributed by atoms with Crippen LogP contribution in [0.5, 0.6) is 0 Å². The first kappa shape index (κ1) is 20.6. The summed E-state index contributed by atoms with van der Waals surface area (Å²) in [5, 5.41) is 0. The highest BCUT2D eigenvalue weighted by Crippen LogP contribution is 2.22. The van der Waals surface area contributed by atoms with E-state index < -0.39 is 10.0 Å². The standard InChI is InChI=1S/C22H25N3O4S/c26-21-8-4-5-13-25(21)19-11-9-18(10-12-19)22(27)23-14-16-24(17-15-23)30(28,29)20-6-2-1-3-7-20/h1-3,6-7,9-12H,4-5,8,13-17H2. The number of hydrogen-bond donors (Lipinski definition) is 0. The van der Waals surface area contributed by atoms with Crippen molar-refractivity contribution in [2.75, 3.05) is 37.6 Å². The average Bonchev–Trinajstić information content (AvgIpc) is 2.80. The summed E-state index contributed by atoms with van der Waals surface area (Å²) in [5.74, 6) is -0.000599. The Kier molecular flexibility index (Phi) is 5.87. The van der Waals surface area contributed by atoms with Crippen LogP contribution in [0.2, 0.25) is 0 Å². The van der Waals surface area contributed by atoms with Gasteiger partial charge < -0.3 is 9.80 Å². The van der Waals surface area contributed by atoms with Gasteiger partial charge in [0.2, 0.25) is 15.9 Å². The number of carbonyl (C=O) groups excluding carboxylic acids is 2. The van der Waals surface area contributed by atoms with Gasteiger partial charge in [-0.2, -0.15) is 4.31 Å². The van der Waals surface area contributed by atoms with Crippen molar-refractivity contribution in [2.24, 2.45) is 0 Å². The molecule has 4 rings (SSSR count). The molecule has 158 valence electrons. The number of anilines is 1. The molecule has 0 unspecified atom stereocenters. The maximum absolute atomic E-state index is 12.9. The Bertz CT molecular complexity index is 1010. The third-order valence-corrected chi connectivity index (χ3v) is 7.57. The minimum absolute atomic E-state index is 0.121. The van der Waals surface area contributed by atoms with E-state index in [0.717, 1.165) is 18.5 Å². The van der Waals surface area contributed by atoms with Crippen LogP contribution in [0.1, 0.15) is 29.6 Å². The topological polar surface area (TPSA) is 78.0 Å². The monoisotopic (exact) mass is 427 g/mol. The molecule has 0 saturated carbocycles. The predicted molar refractivity (Wildman–Crippen MR) is 114 cm³/mol. The van der Waals surface area contributed by atoms with E-state index in [4.69, 9.17) is 0 Å². The van der Waals surface area contributed by atoms with Gasteiger partial charge >= 0.3 is 0 Å². The van der Waals surface area contributed by atoms with Crippen molar-refractivity contribution in [3.8, 4) is 0 Å². The summed E-state index contributed by atoms with van der Waals surface area (Å²) in [7, 11) is -3.54. The van der Waals surface area contributed by atoms with Crippen LogP contribution in [0.3, 0.4) is 0 Å². The van der Waals surface area contributed by atoms with E-state index in [2.05, 4.69) is 0 Å². The van der Waals surface area contributed by atoms with Gasteiger partial charge in [0.15, 0.2) is 0 Å². The van der Waals surface area contributed by atoms with Crippen LogP contribution < -0.4 is 4.90 Å². The van der Waals surface area contributed by atoms with Crippen LogP contribution in [-0.2, 0) is 14.8 Å². The molecule has 7 nitrogen and oxygen atoms in total. The number of piperazine rings is 1. The van der Waals surface area contributed by atoms with Gasteiger partial charge in [-0.1, -0.05) is 18.2 Å². The van der Waals surface area contributed by atoms with Crippen LogP contribution in [0, 0.1) is 0 Å². The quantitative estimate of drug-likeness (QED) is 0.750. The van der Waals surface area contributed by atoms with Crippen molar-refractivity contribution in [1.82, 2.24) is 9.21 Å². The van der Waals surface area contributed by atoms with E-state index in [1.54, 1.807) is 52.3 Å². The summed E-state index contributed by atoms with van der Waals surface area (Å²) in [5.41, 5.74) is 1.36. The van der Waals surface area contributed by atoms with Crippen molar-refractivity contribution in [3.63, 3.8) is 0 Å². The smallest absolute Gasteiger partial charge is 0.253 e. The molecule has 2 amide bonds. The number of carbonyl (C=O) groups is 2. The Balaban J connectivity index is 1.39. The molecule has 0 bridgehead atoms. The zero-order valence-electron chi connectivity index (χ0n) is 16.7. The molecule has 0 N–H and O–H groups in total. The van der Waals surface area contributed by atoms with Gasteiger partial charge in [-0.15, -0.1) is 0 Å². The minimum Gasteiger partial charge on any atom is -0.336 e. The number of hydrogen-bond acceptors (Lipinski definition) is 4. The fourth-order valence-electron chi connectivity index (χ4n) is 3.92. The highest BCUT2D eigenvalue weighted by Gasteiger charge is 2.30. The van der Waals surface area contributed by atoms with Gasteiger partial charge in [0.05, 0.1) is 4.90 Å². The second-order valence-electron chi connectivity index (χ2n) is 7.56. The average molecular weight is 428 g/mol. The van der Waals surface area contributed by atoms with Crippen molar-refractivity contribution < 1.29 is 18.0 Å². The van der Waals surface area contributed by atoms with Gasteiger partial charge in [-0.25, -0.2) is 8.42 Å². The zero-order chi connectivity index (χ0) is 21.1. The third kappa shape index (κ3) is 4.11. The van der Waals surface area contributed by atoms with E-state index in [1.807, 2.05) is 12.1 Å². The van der Waals surface area contributed by atoms with Crippen molar-refractivity contribution >= 4 is 27.5 Å². The molecule has 0 radical (unpaired) electrons. The zero-order valence-corrected chi connectivity index (χ0v) is 17.6. The summed E-state index contributed by atoms with van der Waals surface area (Å²) in [4.78, 5) is 28.6. The molecule has 30 heavy (non-hydrogen) atoms. The third-order valence-electron chi connectivity index (χ3n) is 5.66. The fourth-order valence-corrected chi connectivity index (χ4v) is 5.36. The second-order valence-corrected chi connectivity index (χ2v) is 9.50. The van der Waals surface area contributed by atoms with Crippen LogP contribution in [-0.4, -0.2) is 62.2 Å². The Morgan fingerprint density at radius 1 is 0.800 bits per heavy atom. The number of benzene rings is 2. The Morgan fingerprint density at radius 3 is 2.10 bits per heavy atom. The molecular weight excluding hydrogens is 402 g/mol. The maximum Gasteiger partial charge on any atom is 0.253 e. The van der Waals surface area contributed by atoms with Crippen molar-refractivity contribution in [2.45, 2.75) is 24.2 Å². The lowest BCUT2D eigenvalue weighted by molar-refractivity contribution is -0.119. The molecule has 2 aromatic rings. The summed E-state index contributed by atoms with van der Waals surface area (Å²) in [6.45, 7) is 1.94. The van der Waals surface area contributed by atoms with Crippen molar-refractivity contribution in [1.29, 1.82) is 0 Å². The van der Waals surface area contributed by atoms with E-state index in [0.29, 0.717) is 31.6 Å². The molecule has 2 aromatic carbocycles. The summed E-state index contributed by atoms with van der Waals surface area (Å²) in [6, 6.07) is 15.5. The predicted octanol–water partition coefficient (Wildman–Crippen LogP) is 2.35. The summed E-state index contributed by atoms with van der Waals surface area (Å²) < 4.78 is 26.9. The lowest BCUT2D eigenvalue weighted by Crippen LogP contribution is -2.50. The van der Waals surface area contributed by atoms with Crippen LogP contribution in [0.15, 0.2) is 59.5 Å². The molecule has 0 aliphatic carbocycles. The molecule has 0 spiro atoms. The molecule has 2 aliphatic heterocycles. The maximum atomic E-state index is 12.9. The van der Waals surface area contributed by atoms with E-state index in [9.17, 15) is 18.0 Å². The Morgan fingerprint density at radius 2 is 1.47 bits per heavy atom. The normalized spacial score (nSPS) is 18.5. The van der Waals surface area contributed by atoms with Crippen LogP contribution >= 0.6 is 0 Å². The first-order valence-corrected chi connectivity index (χ1v) is 11.7. The highest BCUT2D eigenvalue weighted by molar-refractivity contribution is 7.89. The molecular formula is C22H25N3O4S. The molecule has 8 heteroatoms. The van der Waals surface area contributed by atoms with Crippen LogP contribution in [0.25, 0.3) is 0 Å². The van der Waals surface area contributed by atoms with Gasteiger partial charge in [0, 0.05) is 50.4 Å². The molecule has 2 fully saturated rings. The number of piperidine rings is 1. The number of amides is 2. The largest absolute Gasteiger partial charge is 0.336 e. The van der Waals surface area contributed by atoms with E-state index in [1.165, 1.54) is 4.31 Å². The number of rotatable bonds is 4. The number of nitrogens with zero attached hydrogens (tertiary/aromatic N) is 3. The highest BCUT2D eigenvalue weighted by atomic mass is 32.2. The summed E-state index contributed by atoms with van der Waals surface area (Å²) in [6.07, 6.45) is 2.48. The SMILES string of the molecule is O=C(c1ccc(N2CCCCC2=O)cc1)N1CCN(S(=O)(=O)c2ccccc2)CC1. The lowest BCUT2D eigenvalue weighted by Gasteiger charge is -2.34. The summed E-state index contributed by atoms with van der Waals surface area (Å²) >= 11 is 0. The first-order chi connectivity index (χ1) is 14.5. The van der Waals surface area contributed by atoms with Gasteiger partial charge in [-0.3, -0.25) is 9.59 Å².